The maximum atomic E-state index is 12.8. The fraction of sp³-hybridized carbons (Fsp3) is 0.375. The number of likely N-dealkylation sites (tertiary alicyclic amines) is 1. The Morgan fingerprint density at radius 1 is 1.17 bits per heavy atom. The van der Waals surface area contributed by atoms with Crippen LogP contribution in [0.2, 0.25) is 0 Å². The second kappa shape index (κ2) is 9.57. The van der Waals surface area contributed by atoms with Crippen LogP contribution in [0, 0.1) is 5.92 Å². The molecule has 1 aromatic heterocycles. The number of anilines is 2. The molecular formula is C24H27N5O5S. The Hall–Kier alpha value is -3.60. The molecule has 2 amide bonds. The van der Waals surface area contributed by atoms with Crippen LogP contribution in [0.1, 0.15) is 32.1 Å². The Morgan fingerprint density at radius 3 is 2.69 bits per heavy atom. The lowest BCUT2D eigenvalue weighted by atomic mass is 10.3. The molecule has 1 aliphatic carbocycles. The molecule has 0 bridgehead atoms. The molecule has 5 rings (SSSR count). The number of benzene rings is 2. The van der Waals surface area contributed by atoms with Crippen LogP contribution in [0.4, 0.5) is 11.6 Å². The van der Waals surface area contributed by atoms with Crippen LogP contribution in [0.25, 0.3) is 11.0 Å². The zero-order chi connectivity index (χ0) is 24.4. The number of hydrogen-bond donors (Lipinski definition) is 3. The van der Waals surface area contributed by atoms with Gasteiger partial charge < -0.3 is 19.4 Å². The van der Waals surface area contributed by atoms with Crippen molar-refractivity contribution in [1.82, 2.24) is 14.9 Å². The van der Waals surface area contributed by atoms with Gasteiger partial charge in [0.2, 0.25) is 17.8 Å². The molecule has 35 heavy (non-hydrogen) atoms. The van der Waals surface area contributed by atoms with Gasteiger partial charge in [-0.2, -0.15) is 8.42 Å². The lowest BCUT2D eigenvalue weighted by Crippen LogP contribution is -2.26. The van der Waals surface area contributed by atoms with Crippen LogP contribution in [0.3, 0.4) is 0 Å². The Kier molecular flexibility index (Phi) is 6.33. The standard InChI is InChI=1S/C24H27N5O5S/c30-22-3-1-13-29(22)14-2-12-25-17-6-9-19(10-7-17)35(32,33)34-18-8-11-20-21(15-18)27-24(26-20)28-23(31)16-4-5-16/h6-11,15-16,25H,1-5,12-14H2,(H2,26,27,28,31). The van der Waals surface area contributed by atoms with Gasteiger partial charge in [0.05, 0.1) is 11.0 Å². The molecule has 0 spiro atoms. The van der Waals surface area contributed by atoms with E-state index in [4.69, 9.17) is 4.18 Å². The third kappa shape index (κ3) is 5.56. The number of aromatic amines is 1. The summed E-state index contributed by atoms with van der Waals surface area (Å²) in [7, 11) is -4.03. The molecule has 2 heterocycles. The predicted molar refractivity (Wildman–Crippen MR) is 131 cm³/mol. The number of hydrogen-bond acceptors (Lipinski definition) is 7. The smallest absolute Gasteiger partial charge is 0.339 e. The van der Waals surface area contributed by atoms with E-state index < -0.39 is 10.1 Å². The van der Waals surface area contributed by atoms with Gasteiger partial charge in [0.25, 0.3) is 0 Å². The molecule has 3 aromatic rings. The van der Waals surface area contributed by atoms with Crippen LogP contribution in [-0.2, 0) is 19.7 Å². The van der Waals surface area contributed by atoms with Crippen molar-refractivity contribution in [1.29, 1.82) is 0 Å². The molecule has 1 saturated heterocycles. The maximum Gasteiger partial charge on any atom is 0.339 e. The number of nitrogens with one attached hydrogen (secondary N) is 3. The molecule has 2 aliphatic rings. The summed E-state index contributed by atoms with van der Waals surface area (Å²) >= 11 is 0. The van der Waals surface area contributed by atoms with Gasteiger partial charge in [-0.1, -0.05) is 0 Å². The van der Waals surface area contributed by atoms with Crippen LogP contribution in [0.5, 0.6) is 5.75 Å². The summed E-state index contributed by atoms with van der Waals surface area (Å²) in [6.45, 7) is 2.23. The second-order valence-electron chi connectivity index (χ2n) is 8.85. The Labute approximate surface area is 203 Å². The average molecular weight is 498 g/mol. The molecule has 3 N–H and O–H groups in total. The zero-order valence-corrected chi connectivity index (χ0v) is 19.9. The van der Waals surface area contributed by atoms with E-state index in [0.29, 0.717) is 29.9 Å². The van der Waals surface area contributed by atoms with Crippen molar-refractivity contribution in [2.75, 3.05) is 30.3 Å². The van der Waals surface area contributed by atoms with Crippen molar-refractivity contribution in [2.45, 2.75) is 37.0 Å². The largest absolute Gasteiger partial charge is 0.385 e. The fourth-order valence-corrected chi connectivity index (χ4v) is 4.94. The first-order valence-electron chi connectivity index (χ1n) is 11.7. The first-order chi connectivity index (χ1) is 16.9. The number of carbonyl (C=O) groups is 2. The lowest BCUT2D eigenvalue weighted by Gasteiger charge is -2.15. The monoisotopic (exact) mass is 497 g/mol. The average Bonchev–Trinajstić information content (AvgIpc) is 3.50. The topological polar surface area (TPSA) is 133 Å². The van der Waals surface area contributed by atoms with Crippen molar-refractivity contribution >= 4 is 44.6 Å². The molecule has 1 saturated carbocycles. The fourth-order valence-electron chi connectivity index (χ4n) is 4.02. The highest BCUT2D eigenvalue weighted by molar-refractivity contribution is 7.87. The Morgan fingerprint density at radius 2 is 1.97 bits per heavy atom. The number of rotatable bonds is 10. The lowest BCUT2D eigenvalue weighted by molar-refractivity contribution is -0.127. The van der Waals surface area contributed by atoms with Gasteiger partial charge in [0.15, 0.2) is 0 Å². The number of fused-ring (bicyclic) bond motifs is 1. The molecule has 184 valence electrons. The second-order valence-corrected chi connectivity index (χ2v) is 10.4. The van der Waals surface area contributed by atoms with Gasteiger partial charge in [0.1, 0.15) is 10.6 Å². The van der Waals surface area contributed by atoms with E-state index in [1.165, 1.54) is 24.3 Å². The first kappa shape index (κ1) is 23.2. The summed E-state index contributed by atoms with van der Waals surface area (Å²) in [5, 5.41) is 5.98. The number of carbonyl (C=O) groups excluding carboxylic acids is 2. The quantitative estimate of drug-likeness (QED) is 0.289. The highest BCUT2D eigenvalue weighted by Gasteiger charge is 2.30. The molecular weight excluding hydrogens is 470 g/mol. The van der Waals surface area contributed by atoms with Crippen LogP contribution < -0.4 is 14.8 Å². The Bertz CT molecular complexity index is 1350. The van der Waals surface area contributed by atoms with Crippen molar-refractivity contribution < 1.29 is 22.2 Å². The van der Waals surface area contributed by atoms with Gasteiger partial charge in [-0.15, -0.1) is 0 Å². The zero-order valence-electron chi connectivity index (χ0n) is 19.1. The van der Waals surface area contributed by atoms with E-state index in [-0.39, 0.29) is 28.4 Å². The summed E-state index contributed by atoms with van der Waals surface area (Å²) in [5.74, 6) is 0.663. The van der Waals surface area contributed by atoms with Gasteiger partial charge in [0, 0.05) is 43.7 Å². The third-order valence-electron chi connectivity index (χ3n) is 6.10. The summed E-state index contributed by atoms with van der Waals surface area (Å²) in [5.41, 5.74) is 1.93. The minimum atomic E-state index is -4.03. The van der Waals surface area contributed by atoms with Crippen LogP contribution in [0.15, 0.2) is 47.4 Å². The van der Waals surface area contributed by atoms with Crippen molar-refractivity contribution in [3.8, 4) is 5.75 Å². The highest BCUT2D eigenvalue weighted by Crippen LogP contribution is 2.30. The molecule has 1 aliphatic heterocycles. The van der Waals surface area contributed by atoms with E-state index in [9.17, 15) is 18.0 Å². The molecule has 0 atom stereocenters. The van der Waals surface area contributed by atoms with E-state index >= 15 is 0 Å². The molecule has 2 fully saturated rings. The van der Waals surface area contributed by atoms with Crippen LogP contribution >= 0.6 is 0 Å². The molecule has 11 heteroatoms. The SMILES string of the molecule is O=C(Nc1nc2ccc(OS(=O)(=O)c3ccc(NCCCN4CCCC4=O)cc3)cc2[nH]1)C1CC1. The van der Waals surface area contributed by atoms with Gasteiger partial charge in [-0.25, -0.2) is 4.98 Å². The summed E-state index contributed by atoms with van der Waals surface area (Å²) in [4.78, 5) is 32.8. The number of amides is 2. The molecule has 10 nitrogen and oxygen atoms in total. The predicted octanol–water partition coefficient (Wildman–Crippen LogP) is 3.10. The van der Waals surface area contributed by atoms with Gasteiger partial charge in [-0.3, -0.25) is 14.9 Å². The van der Waals surface area contributed by atoms with Crippen molar-refractivity contribution in [2.24, 2.45) is 5.92 Å². The molecule has 0 unspecified atom stereocenters. The number of aromatic nitrogens is 2. The number of imidazole rings is 1. The first-order valence-corrected chi connectivity index (χ1v) is 13.1. The molecule has 2 aromatic carbocycles. The highest BCUT2D eigenvalue weighted by atomic mass is 32.2. The van der Waals surface area contributed by atoms with E-state index in [2.05, 4.69) is 20.6 Å². The van der Waals surface area contributed by atoms with Crippen molar-refractivity contribution in [3.63, 3.8) is 0 Å². The van der Waals surface area contributed by atoms with E-state index in [0.717, 1.165) is 44.5 Å². The normalized spacial score (nSPS) is 16.0. The minimum Gasteiger partial charge on any atom is -0.385 e. The summed E-state index contributed by atoms with van der Waals surface area (Å²) in [6, 6.07) is 11.0. The van der Waals surface area contributed by atoms with Crippen LogP contribution in [-0.4, -0.2) is 54.7 Å². The van der Waals surface area contributed by atoms with Gasteiger partial charge in [-0.05, 0) is 62.1 Å². The van der Waals surface area contributed by atoms with E-state index in [1.54, 1.807) is 18.2 Å². The third-order valence-corrected chi connectivity index (χ3v) is 7.36. The Balaban J connectivity index is 1.17. The minimum absolute atomic E-state index is 0.0350. The summed E-state index contributed by atoms with van der Waals surface area (Å²) in [6.07, 6.45) is 4.16. The van der Waals surface area contributed by atoms with Crippen molar-refractivity contribution in [3.05, 3.63) is 42.5 Å². The number of nitrogens with zero attached hydrogens (tertiary/aromatic N) is 2. The summed E-state index contributed by atoms with van der Waals surface area (Å²) < 4.78 is 30.8. The van der Waals surface area contributed by atoms with Gasteiger partial charge >= 0.3 is 10.1 Å². The maximum absolute atomic E-state index is 12.8. The number of H-pyrrole nitrogens is 1. The molecule has 0 radical (unpaired) electrons. The van der Waals surface area contributed by atoms with E-state index in [1.807, 2.05) is 4.90 Å².